The number of hydrogen-bond donors (Lipinski definition) is 0. The van der Waals surface area contributed by atoms with Gasteiger partial charge in [-0.25, -0.2) is 4.98 Å². The van der Waals surface area contributed by atoms with Crippen molar-refractivity contribution in [2.24, 2.45) is 5.92 Å². The van der Waals surface area contributed by atoms with Gasteiger partial charge >= 0.3 is 0 Å². The molecule has 3 heterocycles. The molecule has 3 aromatic carbocycles. The number of rotatable bonds is 7. The number of fused-ring (bicyclic) bond motifs is 1. The Hall–Kier alpha value is -3.26. The molecule has 1 aromatic heterocycles. The number of hydrogen-bond acceptors (Lipinski definition) is 5. The molecule has 41 heavy (non-hydrogen) atoms. The van der Waals surface area contributed by atoms with Crippen LogP contribution >= 0.6 is 23.2 Å². The highest BCUT2D eigenvalue weighted by molar-refractivity contribution is 6.43. The van der Waals surface area contributed by atoms with E-state index in [9.17, 15) is 4.79 Å². The van der Waals surface area contributed by atoms with Crippen molar-refractivity contribution in [3.8, 4) is 5.75 Å². The van der Waals surface area contributed by atoms with Crippen LogP contribution in [0.2, 0.25) is 10.0 Å². The van der Waals surface area contributed by atoms with Crippen molar-refractivity contribution in [3.05, 3.63) is 88.2 Å². The second kappa shape index (κ2) is 12.3. The van der Waals surface area contributed by atoms with Gasteiger partial charge in [-0.2, -0.15) is 0 Å². The number of likely N-dealkylation sites (tertiary alicyclic amines) is 1. The third kappa shape index (κ3) is 6.03. The Bertz CT molecular complexity index is 1510. The Morgan fingerprint density at radius 1 is 0.927 bits per heavy atom. The van der Waals surface area contributed by atoms with Crippen LogP contribution in [-0.2, 0) is 17.9 Å². The molecular formula is C32H35Cl2N5O2. The van der Waals surface area contributed by atoms with Crippen LogP contribution < -0.4 is 9.64 Å². The molecular weight excluding hydrogens is 557 g/mol. The lowest BCUT2D eigenvalue weighted by Gasteiger charge is -2.40. The first kappa shape index (κ1) is 27.9. The summed E-state index contributed by atoms with van der Waals surface area (Å²) in [5.74, 6) is 2.15. The maximum atomic E-state index is 13.6. The Labute approximate surface area is 251 Å². The Morgan fingerprint density at radius 3 is 2.49 bits per heavy atom. The first-order valence-electron chi connectivity index (χ1n) is 14.3. The van der Waals surface area contributed by atoms with E-state index in [1.54, 1.807) is 13.2 Å². The van der Waals surface area contributed by atoms with Gasteiger partial charge in [0.1, 0.15) is 11.6 Å². The lowest BCUT2D eigenvalue weighted by molar-refractivity contribution is -0.137. The van der Waals surface area contributed by atoms with Crippen LogP contribution in [0.15, 0.2) is 66.7 Å². The Kier molecular flexibility index (Phi) is 8.37. The maximum Gasteiger partial charge on any atom is 0.227 e. The van der Waals surface area contributed by atoms with Crippen molar-refractivity contribution in [1.82, 2.24) is 19.4 Å². The zero-order valence-electron chi connectivity index (χ0n) is 23.3. The fourth-order valence-electron chi connectivity index (χ4n) is 6.10. The molecule has 0 spiro atoms. The van der Waals surface area contributed by atoms with Crippen LogP contribution in [0.5, 0.6) is 5.75 Å². The molecule has 0 radical (unpaired) electrons. The number of piperazine rings is 1. The van der Waals surface area contributed by atoms with Crippen molar-refractivity contribution >= 4 is 45.8 Å². The first-order valence-corrected chi connectivity index (χ1v) is 15.0. The minimum Gasteiger partial charge on any atom is -0.497 e. The number of ether oxygens (including phenoxy) is 1. The summed E-state index contributed by atoms with van der Waals surface area (Å²) in [7, 11) is 1.68. The second-order valence-corrected chi connectivity index (χ2v) is 11.7. The summed E-state index contributed by atoms with van der Waals surface area (Å²) in [5.41, 5.74) is 4.26. The van der Waals surface area contributed by atoms with Crippen LogP contribution in [0.4, 0.5) is 5.69 Å². The molecule has 6 rings (SSSR count). The van der Waals surface area contributed by atoms with Crippen molar-refractivity contribution < 1.29 is 9.53 Å². The van der Waals surface area contributed by atoms with Crippen molar-refractivity contribution in [2.45, 2.75) is 25.9 Å². The standard InChI is InChI=1S/C32H35Cl2N5O2/c1-41-25-13-11-23(12-14-25)20-39-28-9-3-2-8-27(28)35-30(39)22-36-15-5-6-24(21-36)32(40)38-18-16-37(17-19-38)29-10-4-7-26(33)31(29)34/h2-4,7-14,24H,5-6,15-22H2,1H3/t24-/m0/s1. The molecule has 0 unspecified atom stereocenters. The highest BCUT2D eigenvalue weighted by atomic mass is 35.5. The molecule has 0 aliphatic carbocycles. The average Bonchev–Trinajstić information content (AvgIpc) is 3.35. The summed E-state index contributed by atoms with van der Waals surface area (Å²) in [6.45, 7) is 6.05. The van der Waals surface area contributed by atoms with E-state index in [0.717, 1.165) is 80.4 Å². The molecule has 2 fully saturated rings. The van der Waals surface area contributed by atoms with Crippen molar-refractivity contribution in [3.63, 3.8) is 0 Å². The molecule has 2 aliphatic heterocycles. The highest BCUT2D eigenvalue weighted by Gasteiger charge is 2.32. The number of carbonyl (C=O) groups is 1. The van der Waals surface area contributed by atoms with Crippen molar-refractivity contribution in [2.75, 3.05) is 51.3 Å². The SMILES string of the molecule is COc1ccc(Cn2c(CN3CCC[C@H](C(=O)N4CCN(c5cccc(Cl)c5Cl)CC4)C3)nc3ccccc32)cc1. The Balaban J connectivity index is 1.12. The number of anilines is 1. The normalized spacial score (nSPS) is 18.2. The lowest BCUT2D eigenvalue weighted by Crippen LogP contribution is -2.52. The van der Waals surface area contributed by atoms with Crippen LogP contribution in [0.1, 0.15) is 24.2 Å². The number of aromatic nitrogens is 2. The van der Waals surface area contributed by atoms with E-state index in [1.807, 2.05) is 35.2 Å². The number of imidazole rings is 1. The van der Waals surface area contributed by atoms with Gasteiger partial charge in [-0.1, -0.05) is 53.5 Å². The number of amides is 1. The van der Waals surface area contributed by atoms with Gasteiger partial charge in [0, 0.05) is 39.3 Å². The van der Waals surface area contributed by atoms with E-state index in [2.05, 4.69) is 44.7 Å². The zero-order valence-corrected chi connectivity index (χ0v) is 24.8. The minimum absolute atomic E-state index is 0.00414. The molecule has 0 N–H and O–H groups in total. The number of para-hydroxylation sites is 2. The molecule has 9 heteroatoms. The summed E-state index contributed by atoms with van der Waals surface area (Å²) < 4.78 is 7.65. The molecule has 1 amide bonds. The van der Waals surface area contributed by atoms with Gasteiger partial charge in [0.05, 0.1) is 46.3 Å². The van der Waals surface area contributed by atoms with Gasteiger partial charge in [0.2, 0.25) is 5.91 Å². The number of nitrogens with zero attached hydrogens (tertiary/aromatic N) is 5. The van der Waals surface area contributed by atoms with Crippen LogP contribution in [0, 0.1) is 5.92 Å². The summed E-state index contributed by atoms with van der Waals surface area (Å²) in [4.78, 5) is 25.3. The van der Waals surface area contributed by atoms with Crippen molar-refractivity contribution in [1.29, 1.82) is 0 Å². The van der Waals surface area contributed by atoms with E-state index in [4.69, 9.17) is 32.9 Å². The summed E-state index contributed by atoms with van der Waals surface area (Å²) in [6, 6.07) is 22.2. The number of halogens is 2. The summed E-state index contributed by atoms with van der Waals surface area (Å²) in [6.07, 6.45) is 1.94. The molecule has 0 bridgehead atoms. The van der Waals surface area contributed by atoms with Gasteiger partial charge in [-0.3, -0.25) is 9.69 Å². The fourth-order valence-corrected chi connectivity index (χ4v) is 6.51. The minimum atomic E-state index is 0.00414. The van der Waals surface area contributed by atoms with Gasteiger partial charge < -0.3 is 19.1 Å². The Morgan fingerprint density at radius 2 is 1.71 bits per heavy atom. The number of benzene rings is 3. The van der Waals surface area contributed by atoms with Gasteiger partial charge in [-0.05, 0) is 61.3 Å². The highest BCUT2D eigenvalue weighted by Crippen LogP contribution is 2.33. The first-order chi connectivity index (χ1) is 20.0. The number of piperidine rings is 1. The quantitative estimate of drug-likeness (QED) is 0.265. The van der Waals surface area contributed by atoms with Gasteiger partial charge in [-0.15, -0.1) is 0 Å². The lowest BCUT2D eigenvalue weighted by atomic mass is 9.96. The van der Waals surface area contributed by atoms with Crippen LogP contribution in [0.3, 0.4) is 0 Å². The molecule has 2 saturated heterocycles. The number of methoxy groups -OCH3 is 1. The van der Waals surface area contributed by atoms with Crippen LogP contribution in [0.25, 0.3) is 11.0 Å². The van der Waals surface area contributed by atoms with E-state index >= 15 is 0 Å². The molecule has 1 atom stereocenters. The zero-order chi connectivity index (χ0) is 28.3. The smallest absolute Gasteiger partial charge is 0.227 e. The van der Waals surface area contributed by atoms with E-state index in [0.29, 0.717) is 23.1 Å². The molecule has 7 nitrogen and oxygen atoms in total. The molecule has 4 aromatic rings. The maximum absolute atomic E-state index is 13.6. The molecule has 214 valence electrons. The van der Waals surface area contributed by atoms with E-state index in [1.165, 1.54) is 5.56 Å². The van der Waals surface area contributed by atoms with Gasteiger partial charge in [0.25, 0.3) is 0 Å². The summed E-state index contributed by atoms with van der Waals surface area (Å²) >= 11 is 12.7. The monoisotopic (exact) mass is 591 g/mol. The largest absolute Gasteiger partial charge is 0.497 e. The van der Waals surface area contributed by atoms with Gasteiger partial charge in [0.15, 0.2) is 0 Å². The number of carbonyl (C=O) groups excluding carboxylic acids is 1. The third-order valence-corrected chi connectivity index (χ3v) is 9.13. The van der Waals surface area contributed by atoms with E-state index in [-0.39, 0.29) is 11.8 Å². The topological polar surface area (TPSA) is 53.8 Å². The average molecular weight is 593 g/mol. The molecule has 0 saturated carbocycles. The predicted octanol–water partition coefficient (Wildman–Crippen LogP) is 5.96. The van der Waals surface area contributed by atoms with E-state index < -0.39 is 0 Å². The molecule has 2 aliphatic rings. The predicted molar refractivity (Wildman–Crippen MR) is 165 cm³/mol. The third-order valence-electron chi connectivity index (χ3n) is 8.32. The van der Waals surface area contributed by atoms with Crippen LogP contribution in [-0.4, -0.2) is 71.6 Å². The summed E-state index contributed by atoms with van der Waals surface area (Å²) in [5, 5.41) is 1.14. The second-order valence-electron chi connectivity index (χ2n) is 10.9. The fraction of sp³-hybridized carbons (Fsp3) is 0.375.